The average Bonchev–Trinajstić information content (AvgIpc) is 3.84. The highest BCUT2D eigenvalue weighted by atomic mass is 79.9. The molecule has 4 aliphatic rings. The number of hydrogen-bond acceptors (Lipinski definition) is 26. The molecule has 0 aromatic carbocycles. The fourth-order valence-corrected chi connectivity index (χ4v) is 7.23. The van der Waals surface area contributed by atoms with Crippen molar-refractivity contribution < 1.29 is 53.2 Å². The summed E-state index contributed by atoms with van der Waals surface area (Å²) in [5.41, 5.74) is 10.1. The number of H-pyrrole nitrogens is 1. The molecule has 0 spiro atoms. The molecule has 0 atom stereocenters. The van der Waals surface area contributed by atoms with E-state index in [2.05, 4.69) is 78.6 Å². The van der Waals surface area contributed by atoms with Gasteiger partial charge in [0, 0.05) is 0 Å². The first kappa shape index (κ1) is 52.6. The summed E-state index contributed by atoms with van der Waals surface area (Å²) in [4.78, 5) is 51.4. The monoisotopic (exact) mass is 1110 g/mol. The molecule has 5 aromatic rings. The van der Waals surface area contributed by atoms with Crippen molar-refractivity contribution in [2.75, 3.05) is 107 Å². The van der Waals surface area contributed by atoms with Crippen LogP contribution in [0.5, 0.6) is 11.8 Å². The topological polar surface area (TPSA) is 457 Å². The lowest BCUT2D eigenvalue weighted by Crippen LogP contribution is -2.10. The van der Waals surface area contributed by atoms with E-state index in [4.69, 9.17) is 45.0 Å². The third-order valence-electron chi connectivity index (χ3n) is 9.21. The predicted molar refractivity (Wildman–Crippen MR) is 243 cm³/mol. The predicted octanol–water partition coefficient (Wildman–Crippen LogP) is 0.639. The number of halogens is 2. The third-order valence-corrected chi connectivity index (χ3v) is 10.3. The number of fused-ring (bicyclic) bond motifs is 4. The Morgan fingerprint density at radius 2 is 1.06 bits per heavy atom. The molecule has 9 heterocycles. The molecule has 36 nitrogen and oxygen atoms in total. The highest BCUT2D eigenvalue weighted by Gasteiger charge is 2.31. The number of aromatic nitrogens is 10. The Kier molecular flexibility index (Phi) is 18.7. The van der Waals surface area contributed by atoms with Crippen molar-refractivity contribution in [2.45, 2.75) is 32.7 Å². The van der Waals surface area contributed by atoms with Gasteiger partial charge < -0.3 is 66.3 Å². The third kappa shape index (κ3) is 12.8. The van der Waals surface area contributed by atoms with Crippen LogP contribution in [0.2, 0.25) is 0 Å². The second-order valence-corrected chi connectivity index (χ2v) is 14.8. The molecule has 5 aromatic heterocycles. The largest absolute Gasteiger partial charge is 0.478 e. The van der Waals surface area contributed by atoms with Gasteiger partial charge in [-0.2, -0.15) is 10.2 Å². The van der Waals surface area contributed by atoms with Gasteiger partial charge in [-0.1, -0.05) is 0 Å². The number of aromatic amines is 1. The number of nitrogens with one attached hydrogen (secondary N) is 5. The van der Waals surface area contributed by atoms with Crippen LogP contribution in [0, 0.1) is 40.5 Å². The lowest BCUT2D eigenvalue weighted by Gasteiger charge is -2.01. The second-order valence-electron chi connectivity index (χ2n) is 13.3. The van der Waals surface area contributed by atoms with Crippen molar-refractivity contribution >= 4 is 89.4 Å². The van der Waals surface area contributed by atoms with E-state index in [1.165, 1.54) is 25.8 Å². The smallest absolute Gasteiger partial charge is 0.376 e. The lowest BCUT2D eigenvalue weighted by atomic mass is 10.5. The molecule has 69 heavy (non-hydrogen) atoms. The van der Waals surface area contributed by atoms with Crippen molar-refractivity contribution in [2.24, 2.45) is 0 Å². The van der Waals surface area contributed by atoms with E-state index in [1.807, 2.05) is 0 Å². The molecule has 0 saturated carbocycles. The molecule has 378 valence electrons. The van der Waals surface area contributed by atoms with Crippen LogP contribution in [-0.4, -0.2) is 148 Å². The molecule has 9 rings (SSSR count). The summed E-state index contributed by atoms with van der Waals surface area (Å²) >= 11 is 5.95. The fraction of sp³-hybridized carbons (Fsp3) is 0.516. The van der Waals surface area contributed by atoms with Gasteiger partial charge in [0.25, 0.3) is 5.88 Å². The summed E-state index contributed by atoms with van der Waals surface area (Å²) in [7, 11) is 2.90. The molecule has 0 unspecified atom stereocenters. The number of rotatable bonds is 8. The summed E-state index contributed by atoms with van der Waals surface area (Å²) in [6.45, 7) is 5.13. The Morgan fingerprint density at radius 1 is 0.623 bits per heavy atom. The average molecular weight is 1110 g/mol. The van der Waals surface area contributed by atoms with Crippen LogP contribution in [0.3, 0.4) is 0 Å². The molecule has 0 fully saturated rings. The van der Waals surface area contributed by atoms with Gasteiger partial charge in [0.15, 0.2) is 5.82 Å². The Morgan fingerprint density at radius 3 is 1.55 bits per heavy atom. The highest BCUT2D eigenvalue weighted by Crippen LogP contribution is 2.36. The number of nitrogens with two attached hydrogens (primary N) is 2. The van der Waals surface area contributed by atoms with Gasteiger partial charge in [0.1, 0.15) is 32.6 Å². The zero-order valence-corrected chi connectivity index (χ0v) is 39.4. The number of aliphatic hydroxyl groups is 1. The summed E-state index contributed by atoms with van der Waals surface area (Å²) in [5.74, 6) is 2.08. The van der Waals surface area contributed by atoms with Crippen LogP contribution in [0.1, 0.15) is 0 Å². The molecule has 4 aliphatic heterocycles. The summed E-state index contributed by atoms with van der Waals surface area (Å²) in [6, 6.07) is 0. The van der Waals surface area contributed by atoms with E-state index < -0.39 is 30.9 Å². The summed E-state index contributed by atoms with van der Waals surface area (Å²) in [5, 5.41) is 80.6. The molecule has 0 bridgehead atoms. The van der Waals surface area contributed by atoms with Crippen LogP contribution in [0.4, 0.5) is 57.5 Å². The maximum atomic E-state index is 11.2. The van der Waals surface area contributed by atoms with Gasteiger partial charge in [0.2, 0.25) is 32.5 Å². The number of nitrogens with zero attached hydrogens (tertiary/aromatic N) is 13. The number of hydrogen-bond donors (Lipinski definition) is 8. The van der Waals surface area contributed by atoms with Gasteiger partial charge in [0.05, 0.1) is 99.7 Å². The minimum Gasteiger partial charge on any atom is -0.478 e. The number of anilines is 6. The minimum absolute atomic E-state index is 0.0180. The van der Waals surface area contributed by atoms with Crippen molar-refractivity contribution in [1.82, 2.24) is 48.9 Å². The quantitative estimate of drug-likeness (QED) is 0.0780. The van der Waals surface area contributed by atoms with Gasteiger partial charge >= 0.3 is 34.2 Å². The molecule has 0 aliphatic carbocycles. The van der Waals surface area contributed by atoms with Crippen LogP contribution >= 0.6 is 31.9 Å². The van der Waals surface area contributed by atoms with Gasteiger partial charge in [-0.3, -0.25) is 55.0 Å². The van der Waals surface area contributed by atoms with E-state index in [-0.39, 0.29) is 77.1 Å². The zero-order chi connectivity index (χ0) is 50.4. The Balaban J connectivity index is 0.000000161. The van der Waals surface area contributed by atoms with Gasteiger partial charge in [-0.05, 0) is 31.9 Å². The lowest BCUT2D eigenvalue weighted by molar-refractivity contribution is -0.385. The molecule has 0 radical (unpaired) electrons. The molecular weight excluding hydrogens is 1070 g/mol. The van der Waals surface area contributed by atoms with Crippen molar-refractivity contribution in [1.29, 1.82) is 0 Å². The van der Waals surface area contributed by atoms with Crippen LogP contribution in [-0.2, 0) is 51.7 Å². The zero-order valence-electron chi connectivity index (χ0n) is 36.2. The van der Waals surface area contributed by atoms with Crippen molar-refractivity contribution in [3.05, 3.63) is 60.0 Å². The van der Waals surface area contributed by atoms with E-state index in [0.29, 0.717) is 82.5 Å². The first-order chi connectivity index (χ1) is 33.0. The standard InChI is InChI=1S/C7H10N4O4.C7H12N4O2.C6H7BrN4O3.C6H8N4O4.C5H7BrN4O3/c1-14-7-5(11(12)13)6-8-4-15-3-2-10(6)9-7;1-12-7-5(8)6-9-4-13-3-2-11(6)10-7;7-5-4(11(12)13)6-8-3-14-2-1-10(6)9-5;11-6-4(10(12)13)5-7-3-14-2-1-9(5)8-6;6-4-3(10(12)13)5(7)9(8-4)1-2-11/h8H,2-4H2,1H3;9H,2-4,8H2,1H3;8H,1-3H2;7H,1-3H2,(H,8,11);11H,1-2,7H2. The first-order valence-electron chi connectivity index (χ1n) is 19.6. The minimum atomic E-state index is -0.705. The van der Waals surface area contributed by atoms with Crippen molar-refractivity contribution in [3.63, 3.8) is 0 Å². The number of aliphatic hydroxyl groups excluding tert-OH is 1. The summed E-state index contributed by atoms with van der Waals surface area (Å²) < 4.78 is 37.9. The van der Waals surface area contributed by atoms with Crippen molar-refractivity contribution in [3.8, 4) is 11.8 Å². The SMILES string of the molecule is COc1nn2c(c1N)NCOCC2.COc1nn2c(c1[N+](=O)[O-])NCOCC2.Nc1c([N+](=O)[O-])c(Br)nn1CCO.O=[N+]([O-])c1c(Br)nn2c1NCOCC2.O=c1[nH]n2c(c1[N+](=O)[O-])NCOCC2. The fourth-order valence-electron chi connectivity index (χ4n) is 6.17. The van der Waals surface area contributed by atoms with E-state index in [0.717, 1.165) is 5.82 Å². The van der Waals surface area contributed by atoms with Crippen LogP contribution in [0.25, 0.3) is 0 Å². The number of nitro groups is 4. The molecule has 0 amide bonds. The Labute approximate surface area is 401 Å². The molecule has 0 saturated heterocycles. The number of nitrogen functional groups attached to an aromatic ring is 2. The van der Waals surface area contributed by atoms with Crippen LogP contribution < -0.4 is 47.8 Å². The highest BCUT2D eigenvalue weighted by molar-refractivity contribution is 9.10. The second kappa shape index (κ2) is 24.6. The Hall–Kier alpha value is -7.39. The molecule has 38 heteroatoms. The molecule has 10 N–H and O–H groups in total. The van der Waals surface area contributed by atoms with E-state index >= 15 is 0 Å². The van der Waals surface area contributed by atoms with E-state index in [9.17, 15) is 45.3 Å². The number of methoxy groups -OCH3 is 2. The van der Waals surface area contributed by atoms with Crippen LogP contribution in [0.15, 0.2) is 14.0 Å². The Bertz CT molecular complexity index is 2660. The maximum Gasteiger partial charge on any atom is 0.376 e. The molecular formula is C31H44Br2N20O16. The summed E-state index contributed by atoms with van der Waals surface area (Å²) in [6.07, 6.45) is 0. The maximum absolute atomic E-state index is 11.2. The number of ether oxygens (including phenoxy) is 6. The van der Waals surface area contributed by atoms with Gasteiger partial charge in [-0.15, -0.1) is 10.2 Å². The van der Waals surface area contributed by atoms with E-state index in [1.54, 1.807) is 11.8 Å². The van der Waals surface area contributed by atoms with Gasteiger partial charge in [-0.25, -0.2) is 18.7 Å². The first-order valence-corrected chi connectivity index (χ1v) is 21.2. The normalized spacial score (nSPS) is 14.4.